The lowest BCUT2D eigenvalue weighted by Gasteiger charge is -2.34. The van der Waals surface area contributed by atoms with Crippen molar-refractivity contribution in [2.45, 2.75) is 225 Å². The topological polar surface area (TPSA) is 102 Å². The van der Waals surface area contributed by atoms with Gasteiger partial charge in [-0.3, -0.25) is 9.59 Å². The van der Waals surface area contributed by atoms with Crippen LogP contribution in [-0.4, -0.2) is 75.5 Å². The van der Waals surface area contributed by atoms with Crippen molar-refractivity contribution in [2.75, 3.05) is 41.0 Å². The highest BCUT2D eigenvalue weighted by Gasteiger charge is 2.25. The van der Waals surface area contributed by atoms with E-state index in [0.717, 1.165) is 51.4 Å². The largest absolute Gasteiger partial charge is 0.544 e. The first-order chi connectivity index (χ1) is 26.1. The van der Waals surface area contributed by atoms with Crippen LogP contribution in [0, 0.1) is 0 Å². The number of hydrogen-bond acceptors (Lipinski definition) is 7. The van der Waals surface area contributed by atoms with Crippen molar-refractivity contribution >= 4 is 17.9 Å². The van der Waals surface area contributed by atoms with Crippen LogP contribution in [0.15, 0.2) is 12.2 Å². The highest BCUT2D eigenvalue weighted by molar-refractivity contribution is 5.70. The summed E-state index contributed by atoms with van der Waals surface area (Å²) in [5.41, 5.74) is 0. The average Bonchev–Trinajstić information content (AvgIpc) is 3.12. The highest BCUT2D eigenvalue weighted by atomic mass is 16.6. The number of allylic oxidation sites excluding steroid dienone is 2. The maximum absolute atomic E-state index is 12.7. The number of unbranched alkanes of at least 4 members (excludes halogenated alkanes) is 25. The van der Waals surface area contributed by atoms with Crippen LogP contribution in [0.2, 0.25) is 0 Å². The second-order valence-electron chi connectivity index (χ2n) is 16.6. The average molecular weight is 766 g/mol. The zero-order valence-corrected chi connectivity index (χ0v) is 36.2. The monoisotopic (exact) mass is 766 g/mol. The molecule has 318 valence electrons. The highest BCUT2D eigenvalue weighted by Crippen LogP contribution is 2.15. The number of quaternary nitrogens is 1. The van der Waals surface area contributed by atoms with Crippen molar-refractivity contribution in [2.24, 2.45) is 0 Å². The van der Waals surface area contributed by atoms with Crippen molar-refractivity contribution in [1.29, 1.82) is 0 Å². The Morgan fingerprint density at radius 1 is 0.537 bits per heavy atom. The van der Waals surface area contributed by atoms with E-state index < -0.39 is 18.1 Å². The molecule has 8 nitrogen and oxygen atoms in total. The zero-order chi connectivity index (χ0) is 40.0. The van der Waals surface area contributed by atoms with Crippen LogP contribution >= 0.6 is 0 Å². The fraction of sp³-hybridized carbons (Fsp3) is 0.891. The molecule has 0 spiro atoms. The summed E-state index contributed by atoms with van der Waals surface area (Å²) in [7, 11) is 5.41. The molecule has 0 N–H and O–H groups in total. The number of hydrogen-bond donors (Lipinski definition) is 0. The van der Waals surface area contributed by atoms with Gasteiger partial charge in [0, 0.05) is 19.3 Å². The molecular formula is C46H87NO7. The van der Waals surface area contributed by atoms with Crippen molar-refractivity contribution < 1.29 is 38.2 Å². The predicted molar refractivity (Wildman–Crippen MR) is 222 cm³/mol. The number of ether oxygens (including phenoxy) is 3. The molecule has 0 amide bonds. The van der Waals surface area contributed by atoms with Gasteiger partial charge in [-0.15, -0.1) is 0 Å². The van der Waals surface area contributed by atoms with Crippen molar-refractivity contribution in [1.82, 2.24) is 0 Å². The molecule has 8 heteroatoms. The summed E-state index contributed by atoms with van der Waals surface area (Å²) in [6.45, 7) is 4.67. The first-order valence-electron chi connectivity index (χ1n) is 22.7. The van der Waals surface area contributed by atoms with Crippen LogP contribution in [0.1, 0.15) is 213 Å². The third kappa shape index (κ3) is 35.8. The number of carbonyl (C=O) groups excluding carboxylic acids is 3. The summed E-state index contributed by atoms with van der Waals surface area (Å²) in [5.74, 6) is -1.74. The third-order valence-electron chi connectivity index (χ3n) is 10.4. The van der Waals surface area contributed by atoms with Crippen molar-refractivity contribution in [3.8, 4) is 0 Å². The van der Waals surface area contributed by atoms with Gasteiger partial charge in [-0.1, -0.05) is 167 Å². The molecular weight excluding hydrogens is 679 g/mol. The second-order valence-corrected chi connectivity index (χ2v) is 16.6. The lowest BCUT2D eigenvalue weighted by Crippen LogP contribution is -2.55. The molecule has 0 aliphatic carbocycles. The molecule has 0 aromatic carbocycles. The van der Waals surface area contributed by atoms with Gasteiger partial charge >= 0.3 is 11.9 Å². The molecule has 0 rings (SSSR count). The van der Waals surface area contributed by atoms with Gasteiger partial charge in [-0.2, -0.15) is 0 Å². The maximum Gasteiger partial charge on any atom is 0.306 e. The van der Waals surface area contributed by atoms with E-state index in [1.165, 1.54) is 128 Å². The molecule has 0 heterocycles. The molecule has 0 bridgehead atoms. The van der Waals surface area contributed by atoms with Gasteiger partial charge in [0.2, 0.25) is 0 Å². The van der Waals surface area contributed by atoms with E-state index >= 15 is 0 Å². The number of rotatable bonds is 41. The van der Waals surface area contributed by atoms with Gasteiger partial charge < -0.3 is 28.6 Å². The Kier molecular flexibility index (Phi) is 36.6. The Balaban J connectivity index is 4.32. The van der Waals surface area contributed by atoms with Crippen molar-refractivity contribution in [3.63, 3.8) is 0 Å². The van der Waals surface area contributed by atoms with Gasteiger partial charge in [-0.25, -0.2) is 0 Å². The molecule has 0 saturated heterocycles. The van der Waals surface area contributed by atoms with E-state index in [4.69, 9.17) is 14.2 Å². The van der Waals surface area contributed by atoms with Crippen LogP contribution in [0.4, 0.5) is 0 Å². The Hall–Kier alpha value is -1.93. The summed E-state index contributed by atoms with van der Waals surface area (Å²) in [4.78, 5) is 36.8. The summed E-state index contributed by atoms with van der Waals surface area (Å²) < 4.78 is 17.2. The number of nitrogens with zero attached hydrogens (tertiary/aromatic N) is 1. The summed E-state index contributed by atoms with van der Waals surface area (Å²) in [6, 6.07) is -0.723. The third-order valence-corrected chi connectivity index (χ3v) is 10.4. The Labute approximate surface area is 333 Å². The van der Waals surface area contributed by atoms with E-state index in [9.17, 15) is 19.5 Å². The fourth-order valence-corrected chi connectivity index (χ4v) is 6.83. The number of carbonyl (C=O) groups is 3. The van der Waals surface area contributed by atoms with E-state index in [-0.39, 0.29) is 42.7 Å². The lowest BCUT2D eigenvalue weighted by atomic mass is 10.0. The van der Waals surface area contributed by atoms with Crippen LogP contribution in [0.3, 0.4) is 0 Å². The number of likely N-dealkylation sites (N-methyl/N-ethyl adjacent to an activating group) is 1. The number of carboxylic acid groups (broad SMARTS) is 1. The summed E-state index contributed by atoms with van der Waals surface area (Å²) >= 11 is 0. The van der Waals surface area contributed by atoms with Gasteiger partial charge in [0.1, 0.15) is 12.6 Å². The van der Waals surface area contributed by atoms with Gasteiger partial charge in [-0.05, 0) is 38.5 Å². The normalized spacial score (nSPS) is 13.0. The minimum atomic E-state index is -1.12. The number of esters is 2. The Bertz CT molecular complexity index is 900. The van der Waals surface area contributed by atoms with Crippen LogP contribution in [0.25, 0.3) is 0 Å². The summed E-state index contributed by atoms with van der Waals surface area (Å²) in [6.07, 6.45) is 39.4. The van der Waals surface area contributed by atoms with Crippen molar-refractivity contribution in [3.05, 3.63) is 12.2 Å². The molecule has 0 fully saturated rings. The molecule has 0 saturated carbocycles. The van der Waals surface area contributed by atoms with Crippen LogP contribution < -0.4 is 5.11 Å². The SMILES string of the molecule is CCCCCCCCC/C=C/CCCCCC(=O)OCC(COCCC(C(=O)[O-])[N+](C)(C)C)OC(=O)CCCCCCCCCCCCCCCCCC. The molecule has 0 aromatic rings. The van der Waals surface area contributed by atoms with Crippen LogP contribution in [-0.2, 0) is 28.6 Å². The zero-order valence-electron chi connectivity index (χ0n) is 36.2. The van der Waals surface area contributed by atoms with E-state index in [1.54, 1.807) is 21.1 Å². The maximum atomic E-state index is 12.7. The minimum Gasteiger partial charge on any atom is -0.544 e. The molecule has 0 aliphatic rings. The minimum absolute atomic E-state index is 0.0417. The van der Waals surface area contributed by atoms with E-state index in [2.05, 4.69) is 26.0 Å². The quantitative estimate of drug-likeness (QED) is 0.0264. The molecule has 0 aromatic heterocycles. The summed E-state index contributed by atoms with van der Waals surface area (Å²) in [5, 5.41) is 11.6. The second kappa shape index (κ2) is 38.0. The predicted octanol–water partition coefficient (Wildman–Crippen LogP) is 11.0. The Morgan fingerprint density at radius 2 is 0.926 bits per heavy atom. The molecule has 0 radical (unpaired) electrons. The molecule has 2 unspecified atom stereocenters. The first-order valence-corrected chi connectivity index (χ1v) is 22.7. The van der Waals surface area contributed by atoms with Gasteiger partial charge in [0.25, 0.3) is 0 Å². The van der Waals surface area contributed by atoms with Gasteiger partial charge in [0.15, 0.2) is 6.10 Å². The number of carboxylic acids is 1. The smallest absolute Gasteiger partial charge is 0.306 e. The van der Waals surface area contributed by atoms with Gasteiger partial charge in [0.05, 0.1) is 40.3 Å². The number of aliphatic carboxylic acids is 1. The van der Waals surface area contributed by atoms with E-state index in [0.29, 0.717) is 12.8 Å². The van der Waals surface area contributed by atoms with E-state index in [1.807, 2.05) is 0 Å². The first kappa shape index (κ1) is 52.1. The fourth-order valence-electron chi connectivity index (χ4n) is 6.83. The van der Waals surface area contributed by atoms with Crippen LogP contribution in [0.5, 0.6) is 0 Å². The molecule has 2 atom stereocenters. The Morgan fingerprint density at radius 3 is 1.35 bits per heavy atom. The molecule has 54 heavy (non-hydrogen) atoms. The molecule has 0 aliphatic heterocycles. The lowest BCUT2D eigenvalue weighted by molar-refractivity contribution is -0.889. The standard InChI is InChI=1S/C46H87NO7/c1-6-8-10-12-14-16-18-20-22-23-25-27-29-31-33-35-37-45(49)54-42(40-52-39-38-43(46(50)51)47(3,4)5)41-53-44(48)36-34-32-30-28-26-24-21-19-17-15-13-11-9-7-2/h24,26,42-43H,6-23,25,27-41H2,1-5H3/b26-24+.